The maximum Gasteiger partial charge on any atom is 0.224 e. The molecule has 1 aromatic heterocycles. The molecule has 94 valence electrons. The molecular formula is C10H6ClFN3O2S-. The minimum Gasteiger partial charge on any atom is -0.768 e. The van der Waals surface area contributed by atoms with E-state index in [2.05, 4.69) is 15.3 Å². The summed E-state index contributed by atoms with van der Waals surface area (Å²) >= 11 is 3.10. The maximum absolute atomic E-state index is 13.4. The Bertz CT molecular complexity index is 611. The van der Waals surface area contributed by atoms with Crippen molar-refractivity contribution in [3.8, 4) is 0 Å². The molecule has 2 aromatic rings. The second kappa shape index (κ2) is 5.38. The van der Waals surface area contributed by atoms with Gasteiger partial charge in [0.15, 0.2) is 11.6 Å². The second-order valence-electron chi connectivity index (χ2n) is 3.19. The number of anilines is 2. The van der Waals surface area contributed by atoms with Crippen LogP contribution in [0.3, 0.4) is 0 Å². The highest BCUT2D eigenvalue weighted by molar-refractivity contribution is 7.79. The molecule has 0 aliphatic heterocycles. The molecule has 0 amide bonds. The third kappa shape index (κ3) is 2.81. The lowest BCUT2D eigenvalue weighted by Gasteiger charge is -2.13. The van der Waals surface area contributed by atoms with Crippen molar-refractivity contribution in [1.29, 1.82) is 0 Å². The molecule has 0 spiro atoms. The monoisotopic (exact) mass is 286 g/mol. The van der Waals surface area contributed by atoms with Crippen LogP contribution < -0.4 is 5.32 Å². The van der Waals surface area contributed by atoms with Crippen LogP contribution in [0.15, 0.2) is 35.4 Å². The molecule has 0 fully saturated rings. The summed E-state index contributed by atoms with van der Waals surface area (Å²) in [7, 11) is 0. The van der Waals surface area contributed by atoms with E-state index in [1.54, 1.807) is 12.1 Å². The van der Waals surface area contributed by atoms with E-state index in [0.29, 0.717) is 0 Å². The fourth-order valence-corrected chi connectivity index (χ4v) is 1.90. The molecule has 0 aliphatic rings. The number of hydrogen-bond donors (Lipinski definition) is 1. The van der Waals surface area contributed by atoms with E-state index in [4.69, 9.17) is 11.6 Å². The Balaban J connectivity index is 2.40. The largest absolute Gasteiger partial charge is 0.768 e. The van der Waals surface area contributed by atoms with Crippen molar-refractivity contribution in [2.24, 2.45) is 0 Å². The quantitative estimate of drug-likeness (QED) is 0.691. The number of aromatic nitrogens is 2. The van der Waals surface area contributed by atoms with Crippen molar-refractivity contribution in [2.45, 2.75) is 4.90 Å². The average Bonchev–Trinajstić information content (AvgIpc) is 2.34. The van der Waals surface area contributed by atoms with E-state index in [9.17, 15) is 13.2 Å². The van der Waals surface area contributed by atoms with E-state index in [-0.39, 0.29) is 21.7 Å². The fraction of sp³-hybridized carbons (Fsp3) is 0. The molecule has 1 unspecified atom stereocenters. The zero-order valence-electron chi connectivity index (χ0n) is 8.76. The van der Waals surface area contributed by atoms with Crippen molar-refractivity contribution in [2.75, 3.05) is 5.32 Å². The van der Waals surface area contributed by atoms with Gasteiger partial charge in [0.25, 0.3) is 0 Å². The summed E-state index contributed by atoms with van der Waals surface area (Å²) in [6, 6.07) is 6.03. The van der Waals surface area contributed by atoms with Crippen LogP contribution in [-0.2, 0) is 11.1 Å². The van der Waals surface area contributed by atoms with Crippen molar-refractivity contribution in [3.05, 3.63) is 41.6 Å². The van der Waals surface area contributed by atoms with Gasteiger partial charge in [0.1, 0.15) is 0 Å². The summed E-state index contributed by atoms with van der Waals surface area (Å²) in [5.74, 6) is -0.918. The van der Waals surface area contributed by atoms with Gasteiger partial charge in [0.2, 0.25) is 5.28 Å². The Morgan fingerprint density at radius 1 is 1.39 bits per heavy atom. The predicted octanol–water partition coefficient (Wildman–Crippen LogP) is 2.25. The lowest BCUT2D eigenvalue weighted by molar-refractivity contribution is 0.537. The highest BCUT2D eigenvalue weighted by atomic mass is 35.5. The van der Waals surface area contributed by atoms with Crippen LogP contribution in [0.2, 0.25) is 5.28 Å². The van der Waals surface area contributed by atoms with Crippen molar-refractivity contribution < 1.29 is 13.2 Å². The van der Waals surface area contributed by atoms with Gasteiger partial charge < -0.3 is 9.87 Å². The molecule has 8 heteroatoms. The van der Waals surface area contributed by atoms with E-state index < -0.39 is 16.9 Å². The minimum absolute atomic E-state index is 0.00614. The van der Waals surface area contributed by atoms with Gasteiger partial charge in [-0.15, -0.1) is 0 Å². The first-order valence-corrected chi connectivity index (χ1v) is 6.16. The zero-order valence-corrected chi connectivity index (χ0v) is 10.3. The van der Waals surface area contributed by atoms with Gasteiger partial charge in [-0.3, -0.25) is 4.21 Å². The number of nitrogens with zero attached hydrogens (tertiary/aromatic N) is 2. The number of halogens is 2. The van der Waals surface area contributed by atoms with Crippen LogP contribution in [0.4, 0.5) is 15.9 Å². The van der Waals surface area contributed by atoms with Crippen LogP contribution in [0.1, 0.15) is 0 Å². The summed E-state index contributed by atoms with van der Waals surface area (Å²) in [5.41, 5.74) is 0.208. The summed E-state index contributed by atoms with van der Waals surface area (Å²) in [5, 5.41) is 2.42. The zero-order chi connectivity index (χ0) is 13.1. The lowest BCUT2D eigenvalue weighted by Crippen LogP contribution is -2.02. The molecule has 0 radical (unpaired) electrons. The molecular weight excluding hydrogens is 281 g/mol. The van der Waals surface area contributed by atoms with Gasteiger partial charge in [0, 0.05) is 4.90 Å². The smallest absolute Gasteiger partial charge is 0.224 e. The first kappa shape index (κ1) is 12.9. The third-order valence-corrected chi connectivity index (χ3v) is 2.93. The highest BCUT2D eigenvalue weighted by Crippen LogP contribution is 2.23. The number of rotatable bonds is 3. The van der Waals surface area contributed by atoms with E-state index >= 15 is 0 Å². The predicted molar refractivity (Wildman–Crippen MR) is 63.9 cm³/mol. The van der Waals surface area contributed by atoms with E-state index in [1.165, 1.54) is 12.1 Å². The van der Waals surface area contributed by atoms with Gasteiger partial charge in [-0.25, -0.2) is 9.37 Å². The van der Waals surface area contributed by atoms with Crippen LogP contribution >= 0.6 is 11.6 Å². The van der Waals surface area contributed by atoms with Gasteiger partial charge >= 0.3 is 0 Å². The first-order chi connectivity index (χ1) is 8.58. The van der Waals surface area contributed by atoms with Crippen LogP contribution in [-0.4, -0.2) is 18.7 Å². The molecule has 2 rings (SSSR count). The van der Waals surface area contributed by atoms with E-state index in [1.807, 2.05) is 0 Å². The average molecular weight is 287 g/mol. The highest BCUT2D eigenvalue weighted by Gasteiger charge is 2.09. The van der Waals surface area contributed by atoms with Crippen LogP contribution in [0.5, 0.6) is 0 Å². The summed E-state index contributed by atoms with van der Waals surface area (Å²) in [6.07, 6.45) is 0.897. The van der Waals surface area contributed by atoms with Gasteiger partial charge in [0.05, 0.1) is 11.9 Å². The van der Waals surface area contributed by atoms with Crippen molar-refractivity contribution >= 4 is 34.2 Å². The maximum atomic E-state index is 13.4. The normalized spacial score (nSPS) is 12.2. The molecule has 0 bridgehead atoms. The fourth-order valence-electron chi connectivity index (χ4n) is 1.28. The molecule has 5 nitrogen and oxygen atoms in total. The summed E-state index contributed by atoms with van der Waals surface area (Å²) in [6.45, 7) is 0. The van der Waals surface area contributed by atoms with Gasteiger partial charge in [-0.2, -0.15) is 4.98 Å². The number of benzene rings is 1. The Morgan fingerprint density at radius 3 is 2.83 bits per heavy atom. The second-order valence-corrected chi connectivity index (χ2v) is 4.44. The summed E-state index contributed by atoms with van der Waals surface area (Å²) in [4.78, 5) is 7.10. The molecule has 18 heavy (non-hydrogen) atoms. The van der Waals surface area contributed by atoms with Gasteiger partial charge in [-0.1, -0.05) is 12.1 Å². The molecule has 0 saturated carbocycles. The third-order valence-electron chi connectivity index (χ3n) is 2.03. The van der Waals surface area contributed by atoms with Crippen LogP contribution in [0.25, 0.3) is 0 Å². The molecule has 1 heterocycles. The topological polar surface area (TPSA) is 77.9 Å². The first-order valence-electron chi connectivity index (χ1n) is 4.71. The van der Waals surface area contributed by atoms with Gasteiger partial charge in [-0.05, 0) is 34.8 Å². The number of para-hydroxylation sites is 1. The number of hydrogen-bond acceptors (Lipinski definition) is 5. The Morgan fingerprint density at radius 2 is 2.11 bits per heavy atom. The van der Waals surface area contributed by atoms with Crippen molar-refractivity contribution in [3.63, 3.8) is 0 Å². The molecule has 1 N–H and O–H groups in total. The SMILES string of the molecule is O=S([O-])c1ccccc1Nc1nc(Cl)ncc1F. The Kier molecular flexibility index (Phi) is 3.85. The molecule has 0 saturated heterocycles. The number of nitrogens with one attached hydrogen (secondary N) is 1. The molecule has 1 atom stereocenters. The lowest BCUT2D eigenvalue weighted by atomic mass is 10.3. The van der Waals surface area contributed by atoms with Crippen molar-refractivity contribution in [1.82, 2.24) is 9.97 Å². The standard InChI is InChI=1S/C10H7ClFN3O2S/c11-10-13-5-6(12)9(15-10)14-7-3-1-2-4-8(7)18(16)17/h1-5H,(H,16,17)(H,13,14,15)/p-1. The minimum atomic E-state index is -2.44. The summed E-state index contributed by atoms with van der Waals surface area (Å²) < 4.78 is 35.3. The van der Waals surface area contributed by atoms with Crippen LogP contribution in [0, 0.1) is 5.82 Å². The molecule has 1 aromatic carbocycles. The van der Waals surface area contributed by atoms with E-state index in [0.717, 1.165) is 6.20 Å². The molecule has 0 aliphatic carbocycles. The Labute approximate surface area is 109 Å². The Hall–Kier alpha value is -1.57.